The number of methoxy groups -OCH3 is 1. The minimum Gasteiger partial charge on any atom is -0.497 e. The Kier molecular flexibility index (Phi) is 7.11. The summed E-state index contributed by atoms with van der Waals surface area (Å²) in [6.07, 6.45) is 3.13. The number of benzene rings is 1. The molecule has 1 atom stereocenters. The van der Waals surface area contributed by atoms with Crippen LogP contribution in [0.5, 0.6) is 5.75 Å². The highest BCUT2D eigenvalue weighted by Gasteiger charge is 2.21. The number of carbonyl (C=O) groups is 1. The van der Waals surface area contributed by atoms with Crippen molar-refractivity contribution in [2.45, 2.75) is 46.1 Å². The summed E-state index contributed by atoms with van der Waals surface area (Å²) in [6, 6.07) is 11.9. The van der Waals surface area contributed by atoms with Crippen LogP contribution in [-0.2, 0) is 11.3 Å². The summed E-state index contributed by atoms with van der Waals surface area (Å²) in [5.74, 6) is 2.79. The van der Waals surface area contributed by atoms with E-state index >= 15 is 0 Å². The maximum Gasteiger partial charge on any atom is 0.222 e. The molecule has 2 aromatic rings. The van der Waals surface area contributed by atoms with Crippen molar-refractivity contribution in [1.29, 1.82) is 0 Å². The molecule has 0 bridgehead atoms. The maximum atomic E-state index is 12.4. The van der Waals surface area contributed by atoms with E-state index in [-0.39, 0.29) is 5.91 Å². The van der Waals surface area contributed by atoms with Gasteiger partial charge in [0.05, 0.1) is 13.4 Å². The summed E-state index contributed by atoms with van der Waals surface area (Å²) in [5.41, 5.74) is 1.11. The average molecular weight is 343 g/mol. The van der Waals surface area contributed by atoms with Gasteiger partial charge < -0.3 is 14.1 Å². The van der Waals surface area contributed by atoms with Crippen LogP contribution in [0.25, 0.3) is 0 Å². The molecule has 1 aromatic carbocycles. The Morgan fingerprint density at radius 1 is 1.20 bits per heavy atom. The molecule has 0 aliphatic heterocycles. The van der Waals surface area contributed by atoms with Crippen molar-refractivity contribution >= 4 is 5.91 Å². The second-order valence-electron chi connectivity index (χ2n) is 6.67. The van der Waals surface area contributed by atoms with E-state index in [4.69, 9.17) is 9.15 Å². The Labute approximate surface area is 150 Å². The number of carbonyl (C=O) groups excluding carboxylic acids is 1. The van der Waals surface area contributed by atoms with Crippen molar-refractivity contribution in [3.8, 4) is 5.75 Å². The molecule has 136 valence electrons. The Hall–Kier alpha value is -2.23. The highest BCUT2D eigenvalue weighted by atomic mass is 16.5. The van der Waals surface area contributed by atoms with Gasteiger partial charge >= 0.3 is 0 Å². The summed E-state index contributed by atoms with van der Waals surface area (Å²) in [7, 11) is 1.66. The number of ether oxygens (including phenoxy) is 1. The summed E-state index contributed by atoms with van der Waals surface area (Å²) in [5, 5.41) is 0. The zero-order valence-corrected chi connectivity index (χ0v) is 15.7. The minimum absolute atomic E-state index is 0.178. The lowest BCUT2D eigenvalue weighted by Crippen LogP contribution is -2.32. The number of amides is 1. The first-order chi connectivity index (χ1) is 12.0. The van der Waals surface area contributed by atoms with E-state index in [1.807, 2.05) is 48.2 Å². The monoisotopic (exact) mass is 343 g/mol. The average Bonchev–Trinajstić information content (AvgIpc) is 3.14. The molecule has 0 N–H and O–H groups in total. The van der Waals surface area contributed by atoms with E-state index in [1.165, 1.54) is 0 Å². The SMILES string of the molecule is CCC(=O)N(CC[C@H](c1ccco1)C(C)C)Cc1ccc(OC)cc1. The van der Waals surface area contributed by atoms with Gasteiger partial charge in [0.1, 0.15) is 11.5 Å². The van der Waals surface area contributed by atoms with Crippen LogP contribution in [0.4, 0.5) is 0 Å². The quantitative estimate of drug-likeness (QED) is 0.653. The van der Waals surface area contributed by atoms with Crippen molar-refractivity contribution in [3.05, 3.63) is 54.0 Å². The maximum absolute atomic E-state index is 12.4. The van der Waals surface area contributed by atoms with Crippen LogP contribution in [0.2, 0.25) is 0 Å². The molecule has 1 heterocycles. The third-order valence-corrected chi connectivity index (χ3v) is 4.61. The van der Waals surface area contributed by atoms with E-state index in [9.17, 15) is 4.79 Å². The highest BCUT2D eigenvalue weighted by molar-refractivity contribution is 5.75. The smallest absolute Gasteiger partial charge is 0.222 e. The molecule has 0 radical (unpaired) electrons. The molecule has 0 spiro atoms. The molecule has 0 unspecified atom stereocenters. The molecule has 4 nitrogen and oxygen atoms in total. The van der Waals surface area contributed by atoms with Gasteiger partial charge in [-0.25, -0.2) is 0 Å². The molecule has 0 fully saturated rings. The Balaban J connectivity index is 2.05. The third-order valence-electron chi connectivity index (χ3n) is 4.61. The van der Waals surface area contributed by atoms with Gasteiger partial charge in [-0.05, 0) is 42.2 Å². The van der Waals surface area contributed by atoms with E-state index in [2.05, 4.69) is 13.8 Å². The van der Waals surface area contributed by atoms with Crippen LogP contribution < -0.4 is 4.74 Å². The number of hydrogen-bond donors (Lipinski definition) is 0. The van der Waals surface area contributed by atoms with Crippen molar-refractivity contribution in [3.63, 3.8) is 0 Å². The molecule has 25 heavy (non-hydrogen) atoms. The molecule has 4 heteroatoms. The summed E-state index contributed by atoms with van der Waals surface area (Å²) >= 11 is 0. The summed E-state index contributed by atoms with van der Waals surface area (Å²) in [6.45, 7) is 7.66. The zero-order chi connectivity index (χ0) is 18.2. The van der Waals surface area contributed by atoms with Crippen molar-refractivity contribution in [2.75, 3.05) is 13.7 Å². The fourth-order valence-corrected chi connectivity index (χ4v) is 3.07. The lowest BCUT2D eigenvalue weighted by Gasteiger charge is -2.26. The van der Waals surface area contributed by atoms with Crippen LogP contribution in [-0.4, -0.2) is 24.5 Å². The van der Waals surface area contributed by atoms with Crippen molar-refractivity contribution < 1.29 is 13.9 Å². The molecule has 1 aromatic heterocycles. The zero-order valence-electron chi connectivity index (χ0n) is 15.7. The molecule has 0 aliphatic rings. The molecule has 1 amide bonds. The van der Waals surface area contributed by atoms with Gasteiger partial charge in [0.25, 0.3) is 0 Å². The lowest BCUT2D eigenvalue weighted by molar-refractivity contribution is -0.131. The molecule has 2 rings (SSSR count). The van der Waals surface area contributed by atoms with Gasteiger partial charge in [-0.1, -0.05) is 32.9 Å². The van der Waals surface area contributed by atoms with Crippen LogP contribution >= 0.6 is 0 Å². The van der Waals surface area contributed by atoms with Gasteiger partial charge in [0.15, 0.2) is 0 Å². The number of furan rings is 1. The van der Waals surface area contributed by atoms with Gasteiger partial charge in [0.2, 0.25) is 5.91 Å². The van der Waals surface area contributed by atoms with Gasteiger partial charge in [-0.15, -0.1) is 0 Å². The topological polar surface area (TPSA) is 42.7 Å². The molecular weight excluding hydrogens is 314 g/mol. The van der Waals surface area contributed by atoms with E-state index in [1.54, 1.807) is 13.4 Å². The van der Waals surface area contributed by atoms with Crippen molar-refractivity contribution in [2.24, 2.45) is 5.92 Å². The second kappa shape index (κ2) is 9.30. The van der Waals surface area contributed by atoms with Crippen molar-refractivity contribution in [1.82, 2.24) is 4.90 Å². The second-order valence-corrected chi connectivity index (χ2v) is 6.67. The largest absolute Gasteiger partial charge is 0.497 e. The number of rotatable bonds is 9. The Morgan fingerprint density at radius 2 is 1.92 bits per heavy atom. The molecule has 0 saturated heterocycles. The number of nitrogens with zero attached hydrogens (tertiary/aromatic N) is 1. The van der Waals surface area contributed by atoms with E-state index in [0.29, 0.717) is 24.8 Å². The van der Waals surface area contributed by atoms with Crippen LogP contribution in [0.15, 0.2) is 47.1 Å². The normalized spacial score (nSPS) is 12.2. The first kappa shape index (κ1) is 19.1. The molecule has 0 saturated carbocycles. The summed E-state index contributed by atoms with van der Waals surface area (Å²) in [4.78, 5) is 14.3. The predicted molar refractivity (Wildman–Crippen MR) is 99.6 cm³/mol. The molecular formula is C21H29NO3. The standard InChI is InChI=1S/C21H29NO3/c1-5-21(23)22(15-17-8-10-18(24-4)11-9-17)13-12-19(16(2)3)20-7-6-14-25-20/h6-11,14,16,19H,5,12-13,15H2,1-4H3/t19-/m0/s1. The van der Waals surface area contributed by atoms with Crippen LogP contribution in [0.1, 0.15) is 50.9 Å². The minimum atomic E-state index is 0.178. The Morgan fingerprint density at radius 3 is 2.44 bits per heavy atom. The van der Waals surface area contributed by atoms with Gasteiger partial charge in [0, 0.05) is 25.4 Å². The summed E-state index contributed by atoms with van der Waals surface area (Å²) < 4.78 is 10.8. The third kappa shape index (κ3) is 5.38. The first-order valence-electron chi connectivity index (χ1n) is 8.99. The fourth-order valence-electron chi connectivity index (χ4n) is 3.07. The lowest BCUT2D eigenvalue weighted by atomic mass is 9.90. The fraction of sp³-hybridized carbons (Fsp3) is 0.476. The van der Waals surface area contributed by atoms with Gasteiger partial charge in [-0.2, -0.15) is 0 Å². The van der Waals surface area contributed by atoms with Gasteiger partial charge in [-0.3, -0.25) is 4.79 Å². The predicted octanol–water partition coefficient (Wildman–Crippen LogP) is 4.86. The first-order valence-corrected chi connectivity index (χ1v) is 8.99. The van der Waals surface area contributed by atoms with E-state index in [0.717, 1.165) is 30.0 Å². The highest BCUT2D eigenvalue weighted by Crippen LogP contribution is 2.28. The van der Waals surface area contributed by atoms with E-state index < -0.39 is 0 Å². The van der Waals surface area contributed by atoms with Crippen LogP contribution in [0, 0.1) is 5.92 Å². The van der Waals surface area contributed by atoms with Crippen LogP contribution in [0.3, 0.4) is 0 Å². The number of hydrogen-bond acceptors (Lipinski definition) is 3. The Bertz CT molecular complexity index is 632. The molecule has 0 aliphatic carbocycles.